The molecule has 164 valence electrons. The van der Waals surface area contributed by atoms with Gasteiger partial charge in [0.15, 0.2) is 11.5 Å². The lowest BCUT2D eigenvalue weighted by Gasteiger charge is -2.12. The van der Waals surface area contributed by atoms with Crippen LogP contribution in [0.5, 0.6) is 0 Å². The molecule has 0 saturated carbocycles. The molecular weight excluding hydrogens is 450 g/mol. The number of hydrogen-bond donors (Lipinski definition) is 2. The van der Waals surface area contributed by atoms with Crippen LogP contribution >= 0.6 is 11.6 Å². The van der Waals surface area contributed by atoms with Crippen molar-refractivity contribution >= 4 is 38.9 Å². The van der Waals surface area contributed by atoms with Crippen molar-refractivity contribution < 1.29 is 13.2 Å². The fraction of sp³-hybridized carbons (Fsp3) is 0.136. The standard InChI is InChI=1S/C22H20ClN5O3S/c1-14-6-7-16(11-15(14)2)27-32(30,31)17-8-9-19(23)18(12-17)22(29)24-13-21-26-25-20-5-3-4-10-28(20)21/h3-12,27H,13H2,1-2H3,(H,24,29). The molecule has 4 rings (SSSR count). The van der Waals surface area contributed by atoms with Crippen LogP contribution in [0.2, 0.25) is 5.02 Å². The number of carbonyl (C=O) groups is 1. The van der Waals surface area contributed by atoms with Crippen molar-refractivity contribution in [1.82, 2.24) is 19.9 Å². The minimum atomic E-state index is -3.92. The molecule has 10 heteroatoms. The number of carbonyl (C=O) groups excluding carboxylic acids is 1. The van der Waals surface area contributed by atoms with Crippen LogP contribution in [0.1, 0.15) is 27.3 Å². The smallest absolute Gasteiger partial charge is 0.261 e. The Morgan fingerprint density at radius 3 is 2.62 bits per heavy atom. The molecule has 0 saturated heterocycles. The summed E-state index contributed by atoms with van der Waals surface area (Å²) >= 11 is 6.19. The van der Waals surface area contributed by atoms with Crippen LogP contribution in [0.4, 0.5) is 5.69 Å². The van der Waals surface area contributed by atoms with Crippen LogP contribution in [-0.4, -0.2) is 28.9 Å². The molecule has 0 unspecified atom stereocenters. The van der Waals surface area contributed by atoms with E-state index in [1.165, 1.54) is 18.2 Å². The van der Waals surface area contributed by atoms with Crippen LogP contribution in [0.3, 0.4) is 0 Å². The van der Waals surface area contributed by atoms with Gasteiger partial charge >= 0.3 is 0 Å². The van der Waals surface area contributed by atoms with Gasteiger partial charge in [-0.2, -0.15) is 0 Å². The van der Waals surface area contributed by atoms with Gasteiger partial charge in [-0.1, -0.05) is 23.7 Å². The van der Waals surface area contributed by atoms with Gasteiger partial charge in [0.05, 0.1) is 22.0 Å². The number of pyridine rings is 1. The molecule has 0 aliphatic carbocycles. The van der Waals surface area contributed by atoms with Crippen molar-refractivity contribution in [3.05, 3.63) is 88.3 Å². The highest BCUT2D eigenvalue weighted by Gasteiger charge is 2.19. The van der Waals surface area contributed by atoms with E-state index < -0.39 is 15.9 Å². The molecule has 8 nitrogen and oxygen atoms in total. The molecule has 32 heavy (non-hydrogen) atoms. The fourth-order valence-corrected chi connectivity index (χ4v) is 4.41. The number of aryl methyl sites for hydroxylation is 2. The fourth-order valence-electron chi connectivity index (χ4n) is 3.13. The highest BCUT2D eigenvalue weighted by molar-refractivity contribution is 7.92. The first-order valence-corrected chi connectivity index (χ1v) is 11.6. The minimum Gasteiger partial charge on any atom is -0.345 e. The highest BCUT2D eigenvalue weighted by atomic mass is 35.5. The van der Waals surface area contributed by atoms with E-state index >= 15 is 0 Å². The Hall–Kier alpha value is -3.43. The van der Waals surface area contributed by atoms with E-state index in [-0.39, 0.29) is 22.0 Å². The third kappa shape index (κ3) is 4.44. The third-order valence-electron chi connectivity index (χ3n) is 5.04. The van der Waals surface area contributed by atoms with Crippen molar-refractivity contribution in [3.63, 3.8) is 0 Å². The summed E-state index contributed by atoms with van der Waals surface area (Å²) in [5.74, 6) is 0.0103. The van der Waals surface area contributed by atoms with Gasteiger partial charge in [0.1, 0.15) is 0 Å². The normalized spacial score (nSPS) is 11.5. The van der Waals surface area contributed by atoms with Crippen LogP contribution in [0.25, 0.3) is 5.65 Å². The SMILES string of the molecule is Cc1ccc(NS(=O)(=O)c2ccc(Cl)c(C(=O)NCc3nnc4ccccn34)c2)cc1C. The van der Waals surface area contributed by atoms with Crippen molar-refractivity contribution in [2.24, 2.45) is 0 Å². The topological polar surface area (TPSA) is 105 Å². The summed E-state index contributed by atoms with van der Waals surface area (Å²) in [5, 5.41) is 10.9. The van der Waals surface area contributed by atoms with E-state index in [0.29, 0.717) is 17.2 Å². The second-order valence-electron chi connectivity index (χ2n) is 7.27. The van der Waals surface area contributed by atoms with E-state index in [2.05, 4.69) is 20.2 Å². The maximum Gasteiger partial charge on any atom is 0.261 e. The van der Waals surface area contributed by atoms with Crippen LogP contribution in [-0.2, 0) is 16.6 Å². The molecule has 2 N–H and O–H groups in total. The zero-order valence-electron chi connectivity index (χ0n) is 17.3. The maximum absolute atomic E-state index is 12.9. The Balaban J connectivity index is 1.54. The first-order valence-electron chi connectivity index (χ1n) is 9.71. The number of rotatable bonds is 6. The van der Waals surface area contributed by atoms with E-state index in [1.54, 1.807) is 28.8 Å². The molecule has 0 radical (unpaired) electrons. The van der Waals surface area contributed by atoms with Crippen molar-refractivity contribution in [3.8, 4) is 0 Å². The highest BCUT2D eigenvalue weighted by Crippen LogP contribution is 2.23. The lowest BCUT2D eigenvalue weighted by molar-refractivity contribution is 0.0949. The predicted octanol–water partition coefficient (Wildman–Crippen LogP) is 3.73. The zero-order chi connectivity index (χ0) is 22.9. The zero-order valence-corrected chi connectivity index (χ0v) is 18.9. The molecule has 1 amide bonds. The average molecular weight is 470 g/mol. The maximum atomic E-state index is 12.9. The number of fused-ring (bicyclic) bond motifs is 1. The lowest BCUT2D eigenvalue weighted by atomic mass is 10.1. The monoisotopic (exact) mass is 469 g/mol. The van der Waals surface area contributed by atoms with Gasteiger partial charge in [0, 0.05) is 11.9 Å². The van der Waals surface area contributed by atoms with Gasteiger partial charge < -0.3 is 5.32 Å². The Morgan fingerprint density at radius 1 is 1.03 bits per heavy atom. The lowest BCUT2D eigenvalue weighted by Crippen LogP contribution is -2.25. The Kier molecular flexibility index (Phi) is 5.86. The number of anilines is 1. The first-order chi connectivity index (χ1) is 15.2. The summed E-state index contributed by atoms with van der Waals surface area (Å²) in [6, 6.07) is 14.7. The molecule has 0 aliphatic rings. The quantitative estimate of drug-likeness (QED) is 0.447. The summed E-state index contributed by atoms with van der Waals surface area (Å²) in [6.07, 6.45) is 1.79. The minimum absolute atomic E-state index is 0.0449. The van der Waals surface area contributed by atoms with Gasteiger partial charge in [-0.15, -0.1) is 10.2 Å². The number of sulfonamides is 1. The molecule has 2 aromatic carbocycles. The largest absolute Gasteiger partial charge is 0.345 e. The Morgan fingerprint density at radius 2 is 1.84 bits per heavy atom. The number of aromatic nitrogens is 3. The second-order valence-corrected chi connectivity index (χ2v) is 9.36. The van der Waals surface area contributed by atoms with E-state index in [1.807, 2.05) is 32.0 Å². The molecular formula is C22H20ClN5O3S. The molecule has 0 aliphatic heterocycles. The summed E-state index contributed by atoms with van der Waals surface area (Å²) in [4.78, 5) is 12.7. The molecule has 0 bridgehead atoms. The summed E-state index contributed by atoms with van der Waals surface area (Å²) in [5.41, 5.74) is 3.15. The van der Waals surface area contributed by atoms with Crippen molar-refractivity contribution in [1.29, 1.82) is 0 Å². The summed E-state index contributed by atoms with van der Waals surface area (Å²) < 4.78 is 30.0. The van der Waals surface area contributed by atoms with Crippen LogP contribution in [0.15, 0.2) is 65.7 Å². The van der Waals surface area contributed by atoms with Gasteiger partial charge in [0.25, 0.3) is 15.9 Å². The molecule has 0 spiro atoms. The molecule has 2 heterocycles. The summed E-state index contributed by atoms with van der Waals surface area (Å²) in [7, 11) is -3.92. The summed E-state index contributed by atoms with van der Waals surface area (Å²) in [6.45, 7) is 3.94. The number of benzene rings is 2. The van der Waals surface area contributed by atoms with Gasteiger partial charge in [-0.3, -0.25) is 13.9 Å². The number of nitrogens with zero attached hydrogens (tertiary/aromatic N) is 3. The number of hydrogen-bond acceptors (Lipinski definition) is 5. The van der Waals surface area contributed by atoms with E-state index in [9.17, 15) is 13.2 Å². The average Bonchev–Trinajstić information content (AvgIpc) is 3.18. The molecule has 0 fully saturated rings. The number of amides is 1. The van der Waals surface area contributed by atoms with Gasteiger partial charge in [0.2, 0.25) is 0 Å². The van der Waals surface area contributed by atoms with Crippen molar-refractivity contribution in [2.75, 3.05) is 4.72 Å². The van der Waals surface area contributed by atoms with Crippen molar-refractivity contribution in [2.45, 2.75) is 25.3 Å². The number of nitrogens with one attached hydrogen (secondary N) is 2. The van der Waals surface area contributed by atoms with Crippen LogP contribution < -0.4 is 10.0 Å². The van der Waals surface area contributed by atoms with Gasteiger partial charge in [-0.05, 0) is 67.4 Å². The first kappa shape index (κ1) is 21.8. The Bertz CT molecular complexity index is 1430. The molecule has 4 aromatic rings. The third-order valence-corrected chi connectivity index (χ3v) is 6.75. The molecule has 2 aromatic heterocycles. The van der Waals surface area contributed by atoms with E-state index in [0.717, 1.165) is 11.1 Å². The number of halogens is 1. The Labute approximate surface area is 190 Å². The molecule has 0 atom stereocenters. The van der Waals surface area contributed by atoms with E-state index in [4.69, 9.17) is 11.6 Å². The van der Waals surface area contributed by atoms with Crippen LogP contribution in [0, 0.1) is 13.8 Å². The van der Waals surface area contributed by atoms with Gasteiger partial charge in [-0.25, -0.2) is 8.42 Å². The predicted molar refractivity (Wildman–Crippen MR) is 122 cm³/mol. The second kappa shape index (κ2) is 8.60.